The first-order valence-electron chi connectivity index (χ1n) is 4.25. The van der Waals surface area contributed by atoms with Crippen LogP contribution in [0.1, 0.15) is 34.1 Å². The van der Waals surface area contributed by atoms with Gasteiger partial charge in [0.15, 0.2) is 0 Å². The number of carbonyl (C=O) groups excluding carboxylic acids is 1. The lowest BCUT2D eigenvalue weighted by Gasteiger charge is -2.17. The minimum Gasteiger partial charge on any atom is -0.501 e. The molecule has 2 nitrogen and oxygen atoms in total. The lowest BCUT2D eigenvalue weighted by Crippen LogP contribution is -2.07. The molecule has 0 fully saturated rings. The van der Waals surface area contributed by atoms with Gasteiger partial charge in [-0.1, -0.05) is 20.8 Å². The van der Waals surface area contributed by atoms with Crippen molar-refractivity contribution in [3.8, 4) is 0 Å². The fourth-order valence-corrected chi connectivity index (χ4v) is 0.914. The molecule has 0 amide bonds. The van der Waals surface area contributed by atoms with Crippen LogP contribution in [0.15, 0.2) is 11.8 Å². The van der Waals surface area contributed by atoms with Crippen LogP contribution in [-0.4, -0.2) is 12.9 Å². The van der Waals surface area contributed by atoms with Crippen molar-refractivity contribution in [1.82, 2.24) is 0 Å². The van der Waals surface area contributed by atoms with Crippen LogP contribution in [-0.2, 0) is 9.53 Å². The van der Waals surface area contributed by atoms with Crippen molar-refractivity contribution in [2.24, 2.45) is 5.41 Å². The third kappa shape index (κ3) is 5.96. The Labute approximate surface area is 74.6 Å². The quantitative estimate of drug-likeness (QED) is 0.368. The van der Waals surface area contributed by atoms with Crippen LogP contribution in [0.3, 0.4) is 0 Å². The second-order valence-electron chi connectivity index (χ2n) is 4.00. The van der Waals surface area contributed by atoms with Crippen LogP contribution in [0.25, 0.3) is 0 Å². The highest BCUT2D eigenvalue weighted by atomic mass is 16.5. The summed E-state index contributed by atoms with van der Waals surface area (Å²) >= 11 is 0. The van der Waals surface area contributed by atoms with E-state index in [4.69, 9.17) is 4.74 Å². The molecule has 2 heteroatoms. The van der Waals surface area contributed by atoms with Crippen LogP contribution in [0.5, 0.6) is 0 Å². The number of hydrogen-bond acceptors (Lipinski definition) is 2. The van der Waals surface area contributed by atoms with Crippen LogP contribution in [0.4, 0.5) is 0 Å². The molecule has 70 valence electrons. The Hall–Kier alpha value is -0.790. The van der Waals surface area contributed by atoms with Crippen LogP contribution < -0.4 is 0 Å². The zero-order chi connectivity index (χ0) is 9.61. The van der Waals surface area contributed by atoms with Gasteiger partial charge >= 0.3 is 0 Å². The highest BCUT2D eigenvalue weighted by molar-refractivity contribution is 5.72. The zero-order valence-corrected chi connectivity index (χ0v) is 8.39. The molecule has 0 N–H and O–H groups in total. The van der Waals surface area contributed by atoms with Crippen LogP contribution in [0.2, 0.25) is 0 Å². The average Bonchev–Trinajstić information content (AvgIpc) is 1.95. The molecular weight excluding hydrogens is 152 g/mol. The Balaban J connectivity index is 4.08. The highest BCUT2D eigenvalue weighted by Gasteiger charge is 2.12. The second kappa shape index (κ2) is 4.96. The first kappa shape index (κ1) is 11.2. The van der Waals surface area contributed by atoms with Crippen molar-refractivity contribution >= 4 is 6.29 Å². The molecule has 0 aromatic carbocycles. The van der Waals surface area contributed by atoms with Crippen LogP contribution >= 0.6 is 0 Å². The predicted molar refractivity (Wildman–Crippen MR) is 49.8 cm³/mol. The molecule has 0 aliphatic rings. The number of aldehydes is 1. The van der Waals surface area contributed by atoms with E-state index in [1.807, 2.05) is 6.92 Å². The van der Waals surface area contributed by atoms with Gasteiger partial charge in [0.05, 0.1) is 12.9 Å². The molecule has 0 aromatic heterocycles. The first-order chi connectivity index (χ1) is 5.49. The number of ether oxygens (including phenoxy) is 1. The molecule has 0 saturated carbocycles. The second-order valence-corrected chi connectivity index (χ2v) is 4.00. The smallest absolute Gasteiger partial charge is 0.149 e. The lowest BCUT2D eigenvalue weighted by atomic mass is 9.89. The summed E-state index contributed by atoms with van der Waals surface area (Å²) in [7, 11) is 0. The third-order valence-electron chi connectivity index (χ3n) is 1.29. The van der Waals surface area contributed by atoms with Crippen molar-refractivity contribution in [3.63, 3.8) is 0 Å². The maximum absolute atomic E-state index is 10.5. The van der Waals surface area contributed by atoms with E-state index in [-0.39, 0.29) is 5.41 Å². The molecule has 0 atom stereocenters. The minimum absolute atomic E-state index is 0.143. The minimum atomic E-state index is 0.143. The molecule has 0 rings (SSSR count). The van der Waals surface area contributed by atoms with E-state index in [1.165, 1.54) is 0 Å². The largest absolute Gasteiger partial charge is 0.501 e. The molecule has 0 aromatic rings. The summed E-state index contributed by atoms with van der Waals surface area (Å²) in [6, 6.07) is 0. The number of hydrogen-bond donors (Lipinski definition) is 0. The van der Waals surface area contributed by atoms with Gasteiger partial charge in [0, 0.05) is 5.57 Å². The normalized spacial score (nSPS) is 12.8. The molecule has 0 aliphatic carbocycles. The van der Waals surface area contributed by atoms with Gasteiger partial charge in [0.25, 0.3) is 0 Å². The molecular formula is C10H18O2. The predicted octanol–water partition coefficient (Wildman–Crippen LogP) is 2.54. The number of rotatable bonds is 4. The van der Waals surface area contributed by atoms with Gasteiger partial charge in [-0.15, -0.1) is 0 Å². The van der Waals surface area contributed by atoms with Gasteiger partial charge in [-0.25, -0.2) is 0 Å². The standard InChI is InChI=1S/C10H18O2/c1-5-12-8-9(7-11)6-10(2,3)4/h7-8H,5-6H2,1-4H3/b9-8-. The Morgan fingerprint density at radius 3 is 2.33 bits per heavy atom. The van der Waals surface area contributed by atoms with Gasteiger partial charge in [-0.3, -0.25) is 4.79 Å². The van der Waals surface area contributed by atoms with E-state index in [1.54, 1.807) is 6.26 Å². The average molecular weight is 170 g/mol. The molecule has 0 aliphatic heterocycles. The fraction of sp³-hybridized carbons (Fsp3) is 0.700. The Morgan fingerprint density at radius 2 is 2.00 bits per heavy atom. The van der Waals surface area contributed by atoms with Gasteiger partial charge in [-0.05, 0) is 18.8 Å². The maximum atomic E-state index is 10.5. The third-order valence-corrected chi connectivity index (χ3v) is 1.29. The summed E-state index contributed by atoms with van der Waals surface area (Å²) in [5.41, 5.74) is 0.869. The Morgan fingerprint density at radius 1 is 1.42 bits per heavy atom. The molecule has 0 bridgehead atoms. The highest BCUT2D eigenvalue weighted by Crippen LogP contribution is 2.22. The topological polar surface area (TPSA) is 26.3 Å². The number of carbonyl (C=O) groups is 1. The summed E-state index contributed by atoms with van der Waals surface area (Å²) < 4.78 is 5.04. The fourth-order valence-electron chi connectivity index (χ4n) is 0.914. The van der Waals surface area contributed by atoms with Gasteiger partial charge < -0.3 is 4.74 Å². The molecule has 0 heterocycles. The van der Waals surface area contributed by atoms with E-state index in [9.17, 15) is 4.79 Å². The molecule has 0 spiro atoms. The van der Waals surface area contributed by atoms with E-state index < -0.39 is 0 Å². The maximum Gasteiger partial charge on any atom is 0.149 e. The van der Waals surface area contributed by atoms with Crippen LogP contribution in [0, 0.1) is 5.41 Å². The van der Waals surface area contributed by atoms with Crippen molar-refractivity contribution in [3.05, 3.63) is 11.8 Å². The van der Waals surface area contributed by atoms with E-state index in [0.717, 1.165) is 18.3 Å². The molecule has 0 saturated heterocycles. The molecule has 0 unspecified atom stereocenters. The Kier molecular flexibility index (Phi) is 4.64. The summed E-state index contributed by atoms with van der Waals surface area (Å²) in [6.45, 7) is 8.79. The van der Waals surface area contributed by atoms with E-state index >= 15 is 0 Å². The van der Waals surface area contributed by atoms with Crippen molar-refractivity contribution in [2.45, 2.75) is 34.1 Å². The summed E-state index contributed by atoms with van der Waals surface area (Å²) in [5, 5.41) is 0. The van der Waals surface area contributed by atoms with E-state index in [2.05, 4.69) is 20.8 Å². The van der Waals surface area contributed by atoms with Gasteiger partial charge in [-0.2, -0.15) is 0 Å². The SMILES string of the molecule is CCO/C=C(\C=O)CC(C)(C)C. The lowest BCUT2D eigenvalue weighted by molar-refractivity contribution is -0.105. The molecule has 12 heavy (non-hydrogen) atoms. The zero-order valence-electron chi connectivity index (χ0n) is 8.39. The summed E-state index contributed by atoms with van der Waals surface area (Å²) in [6.07, 6.45) is 3.18. The molecule has 0 radical (unpaired) electrons. The van der Waals surface area contributed by atoms with Crippen molar-refractivity contribution < 1.29 is 9.53 Å². The van der Waals surface area contributed by atoms with Crippen molar-refractivity contribution in [1.29, 1.82) is 0 Å². The monoisotopic (exact) mass is 170 g/mol. The Bertz CT molecular complexity index is 163. The van der Waals surface area contributed by atoms with Gasteiger partial charge in [0.2, 0.25) is 0 Å². The van der Waals surface area contributed by atoms with Crippen molar-refractivity contribution in [2.75, 3.05) is 6.61 Å². The summed E-state index contributed by atoms with van der Waals surface area (Å²) in [5.74, 6) is 0. The number of allylic oxidation sites excluding steroid dienone is 1. The van der Waals surface area contributed by atoms with Gasteiger partial charge in [0.1, 0.15) is 6.29 Å². The van der Waals surface area contributed by atoms with E-state index in [0.29, 0.717) is 6.61 Å². The first-order valence-corrected chi connectivity index (χ1v) is 4.25. The summed E-state index contributed by atoms with van der Waals surface area (Å²) in [4.78, 5) is 10.5.